The van der Waals surface area contributed by atoms with Gasteiger partial charge >= 0.3 is 0 Å². The van der Waals surface area contributed by atoms with Crippen LogP contribution >= 0.6 is 0 Å². The quantitative estimate of drug-likeness (QED) is 0.839. The molecule has 4 heteroatoms. The molecular weight excluding hydrogens is 234 g/mol. The molecule has 0 spiro atoms. The molecular formula is C14H16F2N2. The summed E-state index contributed by atoms with van der Waals surface area (Å²) in [7, 11) is 0. The summed E-state index contributed by atoms with van der Waals surface area (Å²) in [5.74, 6) is -1.01. The van der Waals surface area contributed by atoms with Gasteiger partial charge in [0.1, 0.15) is 11.6 Å². The Kier molecular flexibility index (Phi) is 2.82. The maximum absolute atomic E-state index is 13.8. The Labute approximate surface area is 104 Å². The Morgan fingerprint density at radius 2 is 2.22 bits per heavy atom. The van der Waals surface area contributed by atoms with Crippen molar-refractivity contribution in [3.63, 3.8) is 0 Å². The van der Waals surface area contributed by atoms with Crippen molar-refractivity contribution >= 4 is 10.9 Å². The van der Waals surface area contributed by atoms with Crippen LogP contribution in [0.1, 0.15) is 37.1 Å². The van der Waals surface area contributed by atoms with Gasteiger partial charge in [0.2, 0.25) is 0 Å². The lowest BCUT2D eigenvalue weighted by Crippen LogP contribution is -2.24. The number of nitrogens with one attached hydrogen (secondary N) is 2. The third kappa shape index (κ3) is 1.72. The van der Waals surface area contributed by atoms with Crippen molar-refractivity contribution in [1.82, 2.24) is 10.3 Å². The lowest BCUT2D eigenvalue weighted by Gasteiger charge is -2.23. The summed E-state index contributed by atoms with van der Waals surface area (Å²) in [4.78, 5) is 3.14. The summed E-state index contributed by atoms with van der Waals surface area (Å²) in [6, 6.07) is 2.60. The van der Waals surface area contributed by atoms with Crippen LogP contribution in [0, 0.1) is 11.6 Å². The second-order valence-electron chi connectivity index (χ2n) is 4.83. The highest BCUT2D eigenvalue weighted by Crippen LogP contribution is 2.35. The average Bonchev–Trinajstić information content (AvgIpc) is 2.70. The first-order valence-corrected chi connectivity index (χ1v) is 6.43. The fourth-order valence-corrected chi connectivity index (χ4v) is 2.94. The molecule has 0 bridgehead atoms. The minimum Gasteiger partial charge on any atom is -0.354 e. The van der Waals surface area contributed by atoms with E-state index < -0.39 is 11.6 Å². The molecule has 1 aromatic heterocycles. The third-order valence-electron chi connectivity index (χ3n) is 3.68. The monoisotopic (exact) mass is 250 g/mol. The Bertz CT molecular complexity index is 589. The average molecular weight is 250 g/mol. The standard InChI is InChI=1S/C14H16F2N2/c1-2-17-12-5-3-4-9-10-6-8(15)7-11(16)13(10)18-14(9)12/h6-7,12,17-18H,2-5H2,1H3. The van der Waals surface area contributed by atoms with Gasteiger partial charge in [0.15, 0.2) is 0 Å². The van der Waals surface area contributed by atoms with Crippen molar-refractivity contribution in [2.45, 2.75) is 32.2 Å². The molecule has 1 aliphatic rings. The predicted molar refractivity (Wildman–Crippen MR) is 67.6 cm³/mol. The maximum atomic E-state index is 13.8. The molecule has 96 valence electrons. The topological polar surface area (TPSA) is 27.8 Å². The van der Waals surface area contributed by atoms with Crippen LogP contribution in [0.4, 0.5) is 8.78 Å². The Morgan fingerprint density at radius 1 is 1.39 bits per heavy atom. The molecule has 0 fully saturated rings. The van der Waals surface area contributed by atoms with Gasteiger partial charge in [-0.2, -0.15) is 0 Å². The zero-order chi connectivity index (χ0) is 12.7. The minimum atomic E-state index is -0.507. The van der Waals surface area contributed by atoms with Gasteiger partial charge in [0.05, 0.1) is 5.52 Å². The second kappa shape index (κ2) is 4.35. The number of benzene rings is 1. The molecule has 0 radical (unpaired) electrons. The van der Waals surface area contributed by atoms with E-state index in [9.17, 15) is 8.78 Å². The van der Waals surface area contributed by atoms with Crippen molar-refractivity contribution in [1.29, 1.82) is 0 Å². The Morgan fingerprint density at radius 3 is 3.00 bits per heavy atom. The van der Waals surface area contributed by atoms with Crippen molar-refractivity contribution in [3.8, 4) is 0 Å². The van der Waals surface area contributed by atoms with E-state index in [1.807, 2.05) is 0 Å². The summed E-state index contributed by atoms with van der Waals surface area (Å²) in [5.41, 5.74) is 2.54. The fourth-order valence-electron chi connectivity index (χ4n) is 2.94. The molecule has 1 aliphatic carbocycles. The molecule has 2 N–H and O–H groups in total. The van der Waals surface area contributed by atoms with Crippen LogP contribution in [0.5, 0.6) is 0 Å². The first kappa shape index (κ1) is 11.7. The van der Waals surface area contributed by atoms with Crippen LogP contribution in [-0.4, -0.2) is 11.5 Å². The Balaban J connectivity index is 2.20. The van der Waals surface area contributed by atoms with E-state index in [2.05, 4.69) is 17.2 Å². The molecule has 2 aromatic rings. The van der Waals surface area contributed by atoms with E-state index in [0.29, 0.717) is 10.9 Å². The highest BCUT2D eigenvalue weighted by atomic mass is 19.1. The van der Waals surface area contributed by atoms with Crippen LogP contribution in [0.25, 0.3) is 10.9 Å². The second-order valence-corrected chi connectivity index (χ2v) is 4.83. The van der Waals surface area contributed by atoms with Gasteiger partial charge in [-0.15, -0.1) is 0 Å². The number of hydrogen-bond acceptors (Lipinski definition) is 1. The number of hydrogen-bond donors (Lipinski definition) is 2. The molecule has 18 heavy (non-hydrogen) atoms. The van der Waals surface area contributed by atoms with Crippen LogP contribution in [-0.2, 0) is 6.42 Å². The zero-order valence-corrected chi connectivity index (χ0v) is 10.3. The SMILES string of the molecule is CCNC1CCCc2c1[nH]c1c(F)cc(F)cc21. The molecule has 0 saturated carbocycles. The van der Waals surface area contributed by atoms with E-state index in [0.717, 1.165) is 43.1 Å². The molecule has 0 aliphatic heterocycles. The highest BCUT2D eigenvalue weighted by molar-refractivity contribution is 5.85. The van der Waals surface area contributed by atoms with Crippen molar-refractivity contribution in [2.24, 2.45) is 0 Å². The molecule has 1 heterocycles. The number of aromatic nitrogens is 1. The summed E-state index contributed by atoms with van der Waals surface area (Å²) < 4.78 is 27.1. The lowest BCUT2D eigenvalue weighted by molar-refractivity contribution is 0.464. The maximum Gasteiger partial charge on any atom is 0.150 e. The number of fused-ring (bicyclic) bond motifs is 3. The first-order valence-electron chi connectivity index (χ1n) is 6.43. The smallest absolute Gasteiger partial charge is 0.150 e. The molecule has 1 atom stereocenters. The number of halogens is 2. The lowest BCUT2D eigenvalue weighted by atomic mass is 9.91. The van der Waals surface area contributed by atoms with Gasteiger partial charge in [-0.05, 0) is 37.4 Å². The number of aromatic amines is 1. The number of H-pyrrole nitrogens is 1. The van der Waals surface area contributed by atoms with Crippen molar-refractivity contribution in [2.75, 3.05) is 6.54 Å². The third-order valence-corrected chi connectivity index (χ3v) is 3.68. The summed E-state index contributed by atoms with van der Waals surface area (Å²) >= 11 is 0. The molecule has 0 saturated heterocycles. The van der Waals surface area contributed by atoms with Crippen molar-refractivity contribution in [3.05, 3.63) is 35.0 Å². The van der Waals surface area contributed by atoms with E-state index in [-0.39, 0.29) is 6.04 Å². The van der Waals surface area contributed by atoms with Crippen LogP contribution in [0.2, 0.25) is 0 Å². The van der Waals surface area contributed by atoms with Crippen molar-refractivity contribution < 1.29 is 8.78 Å². The summed E-state index contributed by atoms with van der Waals surface area (Å²) in [5, 5.41) is 4.09. The van der Waals surface area contributed by atoms with Gasteiger partial charge in [-0.1, -0.05) is 6.92 Å². The fraction of sp³-hybridized carbons (Fsp3) is 0.429. The first-order chi connectivity index (χ1) is 8.70. The summed E-state index contributed by atoms with van der Waals surface area (Å²) in [6.07, 6.45) is 2.98. The van der Waals surface area contributed by atoms with Gasteiger partial charge in [0.25, 0.3) is 0 Å². The minimum absolute atomic E-state index is 0.230. The Hall–Kier alpha value is -1.42. The molecule has 0 amide bonds. The number of aryl methyl sites for hydroxylation is 1. The number of rotatable bonds is 2. The predicted octanol–water partition coefficient (Wildman–Crippen LogP) is 3.43. The normalized spacial score (nSPS) is 19.2. The zero-order valence-electron chi connectivity index (χ0n) is 10.3. The van der Waals surface area contributed by atoms with Crippen LogP contribution in [0.15, 0.2) is 12.1 Å². The molecule has 2 nitrogen and oxygen atoms in total. The van der Waals surface area contributed by atoms with Crippen LogP contribution in [0.3, 0.4) is 0 Å². The van der Waals surface area contributed by atoms with E-state index in [1.54, 1.807) is 0 Å². The molecule has 1 unspecified atom stereocenters. The highest BCUT2D eigenvalue weighted by Gasteiger charge is 2.24. The van der Waals surface area contributed by atoms with Gasteiger partial charge in [-0.25, -0.2) is 8.78 Å². The van der Waals surface area contributed by atoms with E-state index in [4.69, 9.17) is 0 Å². The van der Waals surface area contributed by atoms with Gasteiger partial charge < -0.3 is 10.3 Å². The largest absolute Gasteiger partial charge is 0.354 e. The van der Waals surface area contributed by atoms with Gasteiger partial charge in [0, 0.05) is 23.2 Å². The van der Waals surface area contributed by atoms with Gasteiger partial charge in [-0.3, -0.25) is 0 Å². The summed E-state index contributed by atoms with van der Waals surface area (Å²) in [6.45, 7) is 2.92. The molecule has 1 aromatic carbocycles. The van der Waals surface area contributed by atoms with E-state index >= 15 is 0 Å². The van der Waals surface area contributed by atoms with E-state index in [1.165, 1.54) is 6.07 Å². The molecule has 3 rings (SSSR count). The van der Waals surface area contributed by atoms with Crippen LogP contribution < -0.4 is 5.32 Å².